The Hall–Kier alpha value is -3.48. The number of hydrogen-bond acceptors (Lipinski definition) is 10. The number of nitrogens with two attached hydrogens (primary N) is 1. The number of aryl methyl sites for hydroxylation is 1. The third-order valence-electron chi connectivity index (χ3n) is 6.52. The number of rotatable bonds is 2. The van der Waals surface area contributed by atoms with Crippen LogP contribution in [-0.4, -0.2) is 56.1 Å². The summed E-state index contributed by atoms with van der Waals surface area (Å²) in [6, 6.07) is 2.05. The maximum absolute atomic E-state index is 12.5. The van der Waals surface area contributed by atoms with Gasteiger partial charge >= 0.3 is 12.1 Å². The number of pyridine rings is 1. The number of quaternary nitrogens is 1. The molecule has 0 saturated carbocycles. The summed E-state index contributed by atoms with van der Waals surface area (Å²) < 4.78 is -0.452. The van der Waals surface area contributed by atoms with Crippen molar-refractivity contribution in [1.29, 1.82) is 0 Å². The minimum absolute atomic E-state index is 0.0913. The van der Waals surface area contributed by atoms with E-state index < -0.39 is 10.7 Å². The zero-order chi connectivity index (χ0) is 22.7. The topological polar surface area (TPSA) is 142 Å². The van der Waals surface area contributed by atoms with Gasteiger partial charge < -0.3 is 16.2 Å². The van der Waals surface area contributed by atoms with Crippen LogP contribution in [0, 0.1) is 6.92 Å². The average Bonchev–Trinajstić information content (AvgIpc) is 3.22. The highest BCUT2D eigenvalue weighted by Crippen LogP contribution is 2.37. The Morgan fingerprint density at radius 1 is 1.30 bits per heavy atom. The standard InChI is InChI=1S/C21H21N9O2S/c1-11-9-33-17-15(11)24-10-25-18(17)30(21(31)32)19(22)27-20(28-30)26-14-6-13-8-29-4-2-12(3-5-29)16(13)23-7-14/h6-7,9-10,12H,2-5,8H2,1H3,(H3-,22,26,27,28,31,32)/p+1. The van der Waals surface area contributed by atoms with Crippen molar-refractivity contribution in [1.82, 2.24) is 24.4 Å². The molecule has 12 heteroatoms. The summed E-state index contributed by atoms with van der Waals surface area (Å²) in [5.41, 5.74) is 10.8. The molecule has 0 radical (unpaired) electrons. The van der Waals surface area contributed by atoms with Gasteiger partial charge in [-0.15, -0.1) is 16.3 Å². The molecule has 33 heavy (non-hydrogen) atoms. The van der Waals surface area contributed by atoms with E-state index in [9.17, 15) is 9.90 Å². The van der Waals surface area contributed by atoms with Crippen LogP contribution in [0.2, 0.25) is 0 Å². The summed E-state index contributed by atoms with van der Waals surface area (Å²) in [4.78, 5) is 32.4. The number of aromatic nitrogens is 3. The molecule has 1 atom stereocenters. The average molecular weight is 465 g/mol. The van der Waals surface area contributed by atoms with Crippen molar-refractivity contribution >= 4 is 51.1 Å². The first kappa shape index (κ1) is 20.1. The van der Waals surface area contributed by atoms with Crippen molar-refractivity contribution in [3.63, 3.8) is 0 Å². The molecule has 1 unspecified atom stereocenters. The first-order valence-electron chi connectivity index (χ1n) is 10.7. The van der Waals surface area contributed by atoms with Crippen molar-refractivity contribution in [2.75, 3.05) is 18.4 Å². The Morgan fingerprint density at radius 2 is 2.12 bits per heavy atom. The van der Waals surface area contributed by atoms with Crippen molar-refractivity contribution in [2.24, 2.45) is 15.8 Å². The summed E-state index contributed by atoms with van der Waals surface area (Å²) in [5, 5.41) is 19.6. The van der Waals surface area contributed by atoms with Crippen molar-refractivity contribution in [3.8, 4) is 0 Å². The highest BCUT2D eigenvalue weighted by molar-refractivity contribution is 7.18. The molecular formula is C21H22N9O2S+. The molecule has 7 heterocycles. The fourth-order valence-electron chi connectivity index (χ4n) is 4.84. The Bertz CT molecular complexity index is 1360. The number of thiophene rings is 1. The second-order valence-electron chi connectivity index (χ2n) is 8.55. The van der Waals surface area contributed by atoms with Gasteiger partial charge in [-0.25, -0.2) is 4.98 Å². The monoisotopic (exact) mass is 464 g/mol. The largest absolute Gasteiger partial charge is 0.556 e. The molecule has 0 aliphatic carbocycles. The van der Waals surface area contributed by atoms with Gasteiger partial charge in [-0.3, -0.25) is 9.88 Å². The van der Waals surface area contributed by atoms with Crippen LogP contribution in [0.25, 0.3) is 10.2 Å². The van der Waals surface area contributed by atoms with Gasteiger partial charge in [0.05, 0.1) is 17.4 Å². The molecule has 3 aromatic rings. The lowest BCUT2D eigenvalue weighted by atomic mass is 9.93. The van der Waals surface area contributed by atoms with E-state index in [0.29, 0.717) is 21.8 Å². The number of piperidine rings is 1. The van der Waals surface area contributed by atoms with Gasteiger partial charge in [0, 0.05) is 22.7 Å². The summed E-state index contributed by atoms with van der Waals surface area (Å²) >= 11 is 1.36. The number of carbonyl (C=O) groups is 1. The minimum atomic E-state index is -1.30. The van der Waals surface area contributed by atoms with E-state index >= 15 is 0 Å². The second-order valence-corrected chi connectivity index (χ2v) is 9.43. The van der Waals surface area contributed by atoms with Crippen LogP contribution in [0.5, 0.6) is 0 Å². The van der Waals surface area contributed by atoms with Gasteiger partial charge in [0.1, 0.15) is 11.0 Å². The number of fused-ring (bicyclic) bond motifs is 3. The smallest absolute Gasteiger partial charge is 0.433 e. The molecule has 0 spiro atoms. The SMILES string of the molecule is Cc1csc2c([N+]3(C(=O)O)N=C(Nc4cnc5c(c4)CN4CCC5CC4)N=C3N)ncnc12. The Morgan fingerprint density at radius 3 is 2.91 bits per heavy atom. The van der Waals surface area contributed by atoms with Gasteiger partial charge in [-0.2, -0.15) is 9.78 Å². The number of carboxylic acid groups (broad SMARTS) is 1. The number of hydrogen-bond donors (Lipinski definition) is 3. The molecule has 1 fully saturated rings. The maximum atomic E-state index is 12.5. The van der Waals surface area contributed by atoms with E-state index in [1.54, 1.807) is 6.20 Å². The van der Waals surface area contributed by atoms with Gasteiger partial charge in [-0.05, 0) is 60.5 Å². The molecule has 0 aromatic carbocycles. The lowest BCUT2D eigenvalue weighted by Crippen LogP contribution is -2.56. The maximum Gasteiger partial charge on any atom is 0.556 e. The molecule has 4 N–H and O–H groups in total. The first-order valence-corrected chi connectivity index (χ1v) is 11.6. The van der Waals surface area contributed by atoms with Crippen LogP contribution >= 0.6 is 11.3 Å². The van der Waals surface area contributed by atoms with Crippen LogP contribution in [0.15, 0.2) is 34.1 Å². The molecule has 4 aliphatic heterocycles. The van der Waals surface area contributed by atoms with E-state index in [1.807, 2.05) is 18.4 Å². The molecule has 1 saturated heterocycles. The molecule has 4 aliphatic rings. The minimum Gasteiger partial charge on any atom is -0.433 e. The zero-order valence-electron chi connectivity index (χ0n) is 17.9. The van der Waals surface area contributed by atoms with E-state index in [-0.39, 0.29) is 17.7 Å². The van der Waals surface area contributed by atoms with Crippen LogP contribution in [0.3, 0.4) is 0 Å². The predicted molar refractivity (Wildman–Crippen MR) is 126 cm³/mol. The normalized spacial score (nSPS) is 26.0. The molecule has 11 nitrogen and oxygen atoms in total. The second kappa shape index (κ2) is 7.27. The number of nitrogens with zero attached hydrogens (tertiary/aromatic N) is 7. The lowest BCUT2D eigenvalue weighted by molar-refractivity contribution is 0.170. The predicted octanol–water partition coefficient (Wildman–Crippen LogP) is 2.78. The third kappa shape index (κ3) is 3.02. The summed E-state index contributed by atoms with van der Waals surface area (Å²) in [5.74, 6) is 0.542. The van der Waals surface area contributed by atoms with Gasteiger partial charge in [0.25, 0.3) is 11.8 Å². The van der Waals surface area contributed by atoms with Gasteiger partial charge in [0.15, 0.2) is 0 Å². The van der Waals surface area contributed by atoms with Gasteiger partial charge in [0.2, 0.25) is 0 Å². The Kier molecular flexibility index (Phi) is 4.44. The fraction of sp³-hybridized carbons (Fsp3) is 0.333. The third-order valence-corrected chi connectivity index (χ3v) is 7.60. The number of nitrogens with one attached hydrogen (secondary N) is 1. The summed E-state index contributed by atoms with van der Waals surface area (Å²) in [7, 11) is 0. The fourth-order valence-corrected chi connectivity index (χ4v) is 5.86. The first-order chi connectivity index (χ1) is 16.0. The summed E-state index contributed by atoms with van der Waals surface area (Å²) in [6.45, 7) is 4.95. The van der Waals surface area contributed by atoms with Crippen molar-refractivity contribution in [2.45, 2.75) is 32.2 Å². The Balaban J connectivity index is 1.39. The molecule has 2 bridgehead atoms. The number of guanidine groups is 2. The van der Waals surface area contributed by atoms with Crippen molar-refractivity contribution in [3.05, 3.63) is 40.8 Å². The highest BCUT2D eigenvalue weighted by atomic mass is 32.1. The van der Waals surface area contributed by atoms with Gasteiger partial charge in [-0.1, -0.05) is 0 Å². The highest BCUT2D eigenvalue weighted by Gasteiger charge is 2.54. The van der Waals surface area contributed by atoms with Crippen LogP contribution in [0.4, 0.5) is 16.3 Å². The van der Waals surface area contributed by atoms with Crippen LogP contribution in [-0.2, 0) is 6.54 Å². The summed E-state index contributed by atoms with van der Waals surface area (Å²) in [6.07, 6.45) is 4.04. The van der Waals surface area contributed by atoms with E-state index in [0.717, 1.165) is 43.7 Å². The molecule has 3 aromatic heterocycles. The lowest BCUT2D eigenvalue weighted by Gasteiger charge is -2.26. The number of anilines is 1. The molecule has 7 rings (SSSR count). The van der Waals surface area contributed by atoms with Crippen molar-refractivity contribution < 1.29 is 9.90 Å². The molecule has 1 amide bonds. The van der Waals surface area contributed by atoms with Crippen LogP contribution in [0.1, 0.15) is 35.6 Å². The van der Waals surface area contributed by atoms with E-state index in [2.05, 4.69) is 30.3 Å². The van der Waals surface area contributed by atoms with E-state index in [1.165, 1.54) is 23.2 Å². The van der Waals surface area contributed by atoms with Crippen LogP contribution < -0.4 is 15.6 Å². The number of aliphatic imine (C=N–C) groups is 1. The molecule has 168 valence electrons. The molecular weight excluding hydrogens is 442 g/mol. The number of amides is 1. The Labute approximate surface area is 192 Å². The zero-order valence-corrected chi connectivity index (χ0v) is 18.7. The quantitative estimate of drug-likeness (QED) is 0.492. The van der Waals surface area contributed by atoms with E-state index in [4.69, 9.17) is 10.7 Å².